The van der Waals surface area contributed by atoms with Gasteiger partial charge in [-0.1, -0.05) is 37.7 Å². The van der Waals surface area contributed by atoms with Crippen LogP contribution in [0.4, 0.5) is 0 Å². The standard InChI is InChI=1S/C23H31N5O2S/c1-15(2)12-13-26-21(30)18-10-5-6-11-19(18)28-22(26)24-25-23(28)31-14-20(29)27-16(3)8-7-9-17(27)4/h5-6,10-11,15-17H,7-9,12-14H2,1-4H3. The summed E-state index contributed by atoms with van der Waals surface area (Å²) in [4.78, 5) is 28.2. The van der Waals surface area contributed by atoms with Crippen LogP contribution in [0.15, 0.2) is 34.2 Å². The van der Waals surface area contributed by atoms with Crippen LogP contribution in [0.3, 0.4) is 0 Å². The molecule has 8 heteroatoms. The highest BCUT2D eigenvalue weighted by Gasteiger charge is 2.29. The Kier molecular flexibility index (Phi) is 6.36. The van der Waals surface area contributed by atoms with Crippen LogP contribution in [0.5, 0.6) is 0 Å². The Bertz CT molecular complexity index is 1140. The second-order valence-corrected chi connectivity index (χ2v) is 9.94. The number of para-hydroxylation sites is 1. The Labute approximate surface area is 186 Å². The number of amides is 1. The van der Waals surface area contributed by atoms with E-state index in [9.17, 15) is 9.59 Å². The van der Waals surface area contributed by atoms with Crippen molar-refractivity contribution in [2.24, 2.45) is 5.92 Å². The quantitative estimate of drug-likeness (QED) is 0.541. The lowest BCUT2D eigenvalue weighted by Gasteiger charge is -2.39. The van der Waals surface area contributed by atoms with E-state index in [0.29, 0.717) is 34.5 Å². The van der Waals surface area contributed by atoms with Gasteiger partial charge in [0.1, 0.15) is 0 Å². The first-order valence-electron chi connectivity index (χ1n) is 11.2. The first-order chi connectivity index (χ1) is 14.9. The molecule has 0 aliphatic carbocycles. The minimum absolute atomic E-state index is 0.0419. The molecule has 0 spiro atoms. The van der Waals surface area contributed by atoms with Crippen LogP contribution in [-0.2, 0) is 11.3 Å². The fourth-order valence-corrected chi connectivity index (χ4v) is 5.34. The summed E-state index contributed by atoms with van der Waals surface area (Å²) < 4.78 is 3.65. The summed E-state index contributed by atoms with van der Waals surface area (Å²) in [5.41, 5.74) is 0.739. The molecule has 2 unspecified atom stereocenters. The topological polar surface area (TPSA) is 72.5 Å². The Balaban J connectivity index is 1.69. The average molecular weight is 442 g/mol. The van der Waals surface area contributed by atoms with Crippen molar-refractivity contribution in [2.45, 2.75) is 77.2 Å². The Morgan fingerprint density at radius 2 is 1.87 bits per heavy atom. The zero-order chi connectivity index (χ0) is 22.1. The van der Waals surface area contributed by atoms with Crippen molar-refractivity contribution in [3.63, 3.8) is 0 Å². The number of aryl methyl sites for hydroxylation is 1. The molecule has 2 aromatic heterocycles. The molecule has 1 fully saturated rings. The van der Waals surface area contributed by atoms with Crippen LogP contribution in [0.1, 0.15) is 53.4 Å². The Morgan fingerprint density at radius 1 is 1.16 bits per heavy atom. The van der Waals surface area contributed by atoms with Gasteiger partial charge in [0.05, 0.1) is 16.7 Å². The summed E-state index contributed by atoms with van der Waals surface area (Å²) in [5, 5.41) is 10.0. The van der Waals surface area contributed by atoms with Gasteiger partial charge in [-0.2, -0.15) is 0 Å². The van der Waals surface area contributed by atoms with Crippen molar-refractivity contribution in [3.05, 3.63) is 34.6 Å². The lowest BCUT2D eigenvalue weighted by Crippen LogP contribution is -2.48. The van der Waals surface area contributed by atoms with Crippen molar-refractivity contribution in [1.82, 2.24) is 24.1 Å². The number of carbonyl (C=O) groups is 1. The maximum absolute atomic E-state index is 13.1. The first-order valence-corrected chi connectivity index (χ1v) is 12.2. The number of piperidine rings is 1. The van der Waals surface area contributed by atoms with Gasteiger partial charge < -0.3 is 4.90 Å². The van der Waals surface area contributed by atoms with Gasteiger partial charge in [0, 0.05) is 18.6 Å². The lowest BCUT2D eigenvalue weighted by molar-refractivity contribution is -0.134. The summed E-state index contributed by atoms with van der Waals surface area (Å²) in [6, 6.07) is 8.10. The molecule has 0 N–H and O–H groups in total. The Hall–Kier alpha value is -2.35. The molecule has 7 nitrogen and oxygen atoms in total. The smallest absolute Gasteiger partial charge is 0.262 e. The number of hydrogen-bond donors (Lipinski definition) is 0. The van der Waals surface area contributed by atoms with E-state index >= 15 is 0 Å². The number of rotatable bonds is 6. The molecule has 1 amide bonds. The minimum atomic E-state index is -0.0419. The number of benzene rings is 1. The molecule has 31 heavy (non-hydrogen) atoms. The van der Waals surface area contributed by atoms with E-state index in [4.69, 9.17) is 0 Å². The van der Waals surface area contributed by atoms with E-state index in [0.717, 1.165) is 24.8 Å². The van der Waals surface area contributed by atoms with E-state index in [1.807, 2.05) is 33.6 Å². The van der Waals surface area contributed by atoms with E-state index < -0.39 is 0 Å². The first kappa shape index (κ1) is 21.9. The molecule has 3 aromatic rings. The summed E-state index contributed by atoms with van der Waals surface area (Å²) in [5.74, 6) is 1.47. The van der Waals surface area contributed by atoms with Gasteiger partial charge in [-0.15, -0.1) is 10.2 Å². The molecule has 166 valence electrons. The summed E-state index contributed by atoms with van der Waals surface area (Å²) in [7, 11) is 0. The van der Waals surface area contributed by atoms with Crippen LogP contribution in [0.25, 0.3) is 16.7 Å². The lowest BCUT2D eigenvalue weighted by atomic mass is 9.98. The highest BCUT2D eigenvalue weighted by molar-refractivity contribution is 7.99. The molecule has 0 saturated carbocycles. The van der Waals surface area contributed by atoms with Crippen LogP contribution in [-0.4, -0.2) is 47.8 Å². The number of thioether (sulfide) groups is 1. The van der Waals surface area contributed by atoms with Gasteiger partial charge in [0.15, 0.2) is 5.16 Å². The van der Waals surface area contributed by atoms with E-state index in [2.05, 4.69) is 37.9 Å². The summed E-state index contributed by atoms with van der Waals surface area (Å²) in [6.07, 6.45) is 4.17. The van der Waals surface area contributed by atoms with Crippen molar-refractivity contribution in [1.29, 1.82) is 0 Å². The molecule has 1 aliphatic rings. The van der Waals surface area contributed by atoms with Gasteiger partial charge >= 0.3 is 0 Å². The molecular weight excluding hydrogens is 410 g/mol. The largest absolute Gasteiger partial charge is 0.337 e. The number of aromatic nitrogens is 4. The number of fused-ring (bicyclic) bond motifs is 3. The van der Waals surface area contributed by atoms with Crippen molar-refractivity contribution >= 4 is 34.3 Å². The van der Waals surface area contributed by atoms with Gasteiger partial charge in [-0.05, 0) is 57.6 Å². The maximum Gasteiger partial charge on any atom is 0.262 e. The summed E-state index contributed by atoms with van der Waals surface area (Å²) >= 11 is 1.40. The number of nitrogens with zero attached hydrogens (tertiary/aromatic N) is 5. The number of carbonyl (C=O) groups excluding carboxylic acids is 1. The van der Waals surface area contributed by atoms with Gasteiger partial charge in [0.2, 0.25) is 11.7 Å². The second-order valence-electron chi connectivity index (χ2n) is 8.99. The third-order valence-corrected chi connectivity index (χ3v) is 7.13. The van der Waals surface area contributed by atoms with E-state index in [1.165, 1.54) is 18.2 Å². The second kappa shape index (κ2) is 9.02. The van der Waals surface area contributed by atoms with Gasteiger partial charge in [-0.3, -0.25) is 18.6 Å². The fourth-order valence-electron chi connectivity index (χ4n) is 4.53. The number of hydrogen-bond acceptors (Lipinski definition) is 5. The van der Waals surface area contributed by atoms with Crippen LogP contribution < -0.4 is 5.56 Å². The third-order valence-electron chi connectivity index (χ3n) is 6.21. The van der Waals surface area contributed by atoms with Crippen LogP contribution in [0.2, 0.25) is 0 Å². The minimum Gasteiger partial charge on any atom is -0.337 e. The molecular formula is C23H31N5O2S. The summed E-state index contributed by atoms with van der Waals surface area (Å²) in [6.45, 7) is 9.14. The highest BCUT2D eigenvalue weighted by Crippen LogP contribution is 2.26. The molecule has 2 atom stereocenters. The zero-order valence-corrected chi connectivity index (χ0v) is 19.6. The Morgan fingerprint density at radius 3 is 2.58 bits per heavy atom. The SMILES string of the molecule is CC(C)CCn1c(=O)c2ccccc2n2c(SCC(=O)N3C(C)CCCC3C)nnc12. The molecule has 4 rings (SSSR count). The average Bonchev–Trinajstić information content (AvgIpc) is 3.16. The van der Waals surface area contributed by atoms with Crippen molar-refractivity contribution in [3.8, 4) is 0 Å². The molecule has 1 aliphatic heterocycles. The third kappa shape index (κ3) is 4.22. The molecule has 0 bridgehead atoms. The van der Waals surface area contributed by atoms with Crippen molar-refractivity contribution < 1.29 is 4.79 Å². The van der Waals surface area contributed by atoms with Gasteiger partial charge in [-0.25, -0.2) is 0 Å². The normalized spacial score (nSPS) is 19.6. The zero-order valence-electron chi connectivity index (χ0n) is 18.7. The van der Waals surface area contributed by atoms with Crippen LogP contribution in [0, 0.1) is 5.92 Å². The van der Waals surface area contributed by atoms with Gasteiger partial charge in [0.25, 0.3) is 5.56 Å². The van der Waals surface area contributed by atoms with Crippen molar-refractivity contribution in [2.75, 3.05) is 5.75 Å². The van der Waals surface area contributed by atoms with E-state index in [-0.39, 0.29) is 23.6 Å². The predicted octanol–water partition coefficient (Wildman–Crippen LogP) is 3.97. The maximum atomic E-state index is 13.1. The van der Waals surface area contributed by atoms with Crippen LogP contribution >= 0.6 is 11.8 Å². The fraction of sp³-hybridized carbons (Fsp3) is 0.565. The molecule has 0 radical (unpaired) electrons. The molecule has 1 saturated heterocycles. The molecule has 3 heterocycles. The molecule has 1 aromatic carbocycles. The van der Waals surface area contributed by atoms with E-state index in [1.54, 1.807) is 4.57 Å². The number of likely N-dealkylation sites (tertiary alicyclic amines) is 1. The highest BCUT2D eigenvalue weighted by atomic mass is 32.2. The monoisotopic (exact) mass is 441 g/mol. The predicted molar refractivity (Wildman–Crippen MR) is 125 cm³/mol.